The van der Waals surface area contributed by atoms with Crippen LogP contribution in [-0.2, 0) is 11.3 Å². The Kier molecular flexibility index (Phi) is 6.14. The molecule has 1 heterocycles. The Morgan fingerprint density at radius 3 is 3.00 bits per heavy atom. The van der Waals surface area contributed by atoms with Crippen molar-refractivity contribution in [3.63, 3.8) is 0 Å². The quantitative estimate of drug-likeness (QED) is 0.761. The molecule has 1 aromatic heterocycles. The summed E-state index contributed by atoms with van der Waals surface area (Å²) < 4.78 is 5.04. The van der Waals surface area contributed by atoms with Crippen LogP contribution in [0.3, 0.4) is 0 Å². The lowest BCUT2D eigenvalue weighted by Gasteiger charge is -2.13. The van der Waals surface area contributed by atoms with Crippen LogP contribution < -0.4 is 15.4 Å². The summed E-state index contributed by atoms with van der Waals surface area (Å²) in [4.78, 5) is 15.7. The summed E-state index contributed by atoms with van der Waals surface area (Å²) in [5.41, 5.74) is 1.04. The predicted octanol–water partition coefficient (Wildman–Crippen LogP) is 1.09. The summed E-state index contributed by atoms with van der Waals surface area (Å²) in [5, 5.41) is 6.02. The number of carbonyl (C=O) groups excluding carboxylic acids is 1. The minimum atomic E-state index is -0.212. The van der Waals surface area contributed by atoms with Crippen LogP contribution in [0.25, 0.3) is 0 Å². The number of hydrogen-bond acceptors (Lipinski definition) is 4. The number of amides is 1. The van der Waals surface area contributed by atoms with Crippen molar-refractivity contribution in [1.29, 1.82) is 0 Å². The maximum absolute atomic E-state index is 11.6. The number of methoxy groups -OCH3 is 1. The van der Waals surface area contributed by atoms with Crippen molar-refractivity contribution >= 4 is 5.91 Å². The second kappa shape index (κ2) is 7.66. The number of nitrogens with one attached hydrogen (secondary N) is 2. The average molecular weight is 251 g/mol. The highest BCUT2D eigenvalue weighted by Crippen LogP contribution is 2.08. The Balaban J connectivity index is 2.41. The number of nitrogens with zero attached hydrogens (tertiary/aromatic N) is 1. The molecule has 0 aliphatic heterocycles. The van der Waals surface area contributed by atoms with Crippen molar-refractivity contribution < 1.29 is 9.53 Å². The van der Waals surface area contributed by atoms with E-state index in [1.165, 1.54) is 0 Å². The van der Waals surface area contributed by atoms with E-state index in [9.17, 15) is 4.79 Å². The minimum Gasteiger partial charge on any atom is -0.481 e. The van der Waals surface area contributed by atoms with E-state index >= 15 is 0 Å². The van der Waals surface area contributed by atoms with E-state index in [0.29, 0.717) is 19.0 Å². The van der Waals surface area contributed by atoms with Crippen molar-refractivity contribution in [2.75, 3.05) is 13.7 Å². The van der Waals surface area contributed by atoms with E-state index in [4.69, 9.17) is 4.74 Å². The van der Waals surface area contributed by atoms with Crippen LogP contribution in [0.15, 0.2) is 18.3 Å². The molecule has 0 aliphatic rings. The molecule has 0 spiro atoms. The van der Waals surface area contributed by atoms with Crippen LogP contribution in [0.4, 0.5) is 0 Å². The second-order valence-electron chi connectivity index (χ2n) is 4.10. The summed E-state index contributed by atoms with van der Waals surface area (Å²) in [6, 6.07) is 3.53. The molecule has 5 nitrogen and oxygen atoms in total. The molecule has 0 saturated heterocycles. The molecule has 1 rings (SSSR count). The molecule has 0 aromatic carbocycles. The van der Waals surface area contributed by atoms with E-state index in [0.717, 1.165) is 12.0 Å². The Labute approximate surface area is 108 Å². The molecule has 1 unspecified atom stereocenters. The largest absolute Gasteiger partial charge is 0.481 e. The third kappa shape index (κ3) is 4.71. The van der Waals surface area contributed by atoms with Crippen LogP contribution >= 0.6 is 0 Å². The van der Waals surface area contributed by atoms with Crippen molar-refractivity contribution in [3.8, 4) is 5.88 Å². The van der Waals surface area contributed by atoms with Gasteiger partial charge in [-0.15, -0.1) is 0 Å². The zero-order chi connectivity index (χ0) is 13.4. The lowest BCUT2D eigenvalue weighted by Crippen LogP contribution is -2.42. The number of ether oxygens (including phenoxy) is 1. The summed E-state index contributed by atoms with van der Waals surface area (Å²) in [7, 11) is 1.58. The lowest BCUT2D eigenvalue weighted by atomic mass is 10.2. The highest BCUT2D eigenvalue weighted by Gasteiger charge is 2.10. The van der Waals surface area contributed by atoms with Gasteiger partial charge in [-0.2, -0.15) is 0 Å². The van der Waals surface area contributed by atoms with Crippen LogP contribution in [0.5, 0.6) is 5.88 Å². The van der Waals surface area contributed by atoms with E-state index in [1.54, 1.807) is 13.3 Å². The van der Waals surface area contributed by atoms with E-state index in [2.05, 4.69) is 15.6 Å². The van der Waals surface area contributed by atoms with Crippen molar-refractivity contribution in [2.45, 2.75) is 32.9 Å². The predicted molar refractivity (Wildman–Crippen MR) is 70.4 cm³/mol. The average Bonchev–Trinajstić information content (AvgIpc) is 2.42. The fourth-order valence-corrected chi connectivity index (χ4v) is 1.44. The minimum absolute atomic E-state index is 0.0258. The molecular weight excluding hydrogens is 230 g/mol. The first kappa shape index (κ1) is 14.4. The number of hydrogen-bond donors (Lipinski definition) is 2. The van der Waals surface area contributed by atoms with Gasteiger partial charge in [-0.05, 0) is 25.0 Å². The van der Waals surface area contributed by atoms with Crippen LogP contribution in [0.1, 0.15) is 25.8 Å². The molecule has 0 bridgehead atoms. The summed E-state index contributed by atoms with van der Waals surface area (Å²) in [6.45, 7) is 5.21. The van der Waals surface area contributed by atoms with Gasteiger partial charge in [0.1, 0.15) is 0 Å². The number of carbonyl (C=O) groups is 1. The normalized spacial score (nSPS) is 11.9. The lowest BCUT2D eigenvalue weighted by molar-refractivity contribution is -0.122. The van der Waals surface area contributed by atoms with Gasteiger partial charge in [-0.1, -0.05) is 6.92 Å². The monoisotopic (exact) mass is 251 g/mol. The summed E-state index contributed by atoms with van der Waals surface area (Å²) in [6.07, 6.45) is 2.64. The zero-order valence-corrected chi connectivity index (χ0v) is 11.2. The Hall–Kier alpha value is -1.62. The van der Waals surface area contributed by atoms with Gasteiger partial charge in [0.05, 0.1) is 13.2 Å². The van der Waals surface area contributed by atoms with Gasteiger partial charge in [-0.3, -0.25) is 4.79 Å². The number of pyridine rings is 1. The molecule has 0 aliphatic carbocycles. The molecule has 0 radical (unpaired) electrons. The van der Waals surface area contributed by atoms with Crippen molar-refractivity contribution in [3.05, 3.63) is 23.9 Å². The smallest absolute Gasteiger partial charge is 0.236 e. The van der Waals surface area contributed by atoms with Gasteiger partial charge in [0.25, 0.3) is 0 Å². The van der Waals surface area contributed by atoms with Crippen LogP contribution in [-0.4, -0.2) is 30.6 Å². The Morgan fingerprint density at radius 1 is 1.56 bits per heavy atom. The SMILES string of the molecule is CCCNC(=O)C(C)NCc1ccnc(OC)c1. The number of aromatic nitrogens is 1. The Morgan fingerprint density at radius 2 is 2.33 bits per heavy atom. The highest BCUT2D eigenvalue weighted by molar-refractivity contribution is 5.81. The van der Waals surface area contributed by atoms with Gasteiger partial charge >= 0.3 is 0 Å². The Bertz CT molecular complexity index is 382. The maximum atomic E-state index is 11.6. The molecule has 100 valence electrons. The first-order valence-electron chi connectivity index (χ1n) is 6.17. The molecule has 18 heavy (non-hydrogen) atoms. The van der Waals surface area contributed by atoms with E-state index in [-0.39, 0.29) is 11.9 Å². The highest BCUT2D eigenvalue weighted by atomic mass is 16.5. The maximum Gasteiger partial charge on any atom is 0.236 e. The fourth-order valence-electron chi connectivity index (χ4n) is 1.44. The van der Waals surface area contributed by atoms with Gasteiger partial charge < -0.3 is 15.4 Å². The summed E-state index contributed by atoms with van der Waals surface area (Å²) >= 11 is 0. The van der Waals surface area contributed by atoms with Crippen molar-refractivity contribution in [1.82, 2.24) is 15.6 Å². The standard InChI is InChI=1S/C13H21N3O2/c1-4-6-15-13(17)10(2)16-9-11-5-7-14-12(8-11)18-3/h5,7-8,10,16H,4,6,9H2,1-3H3,(H,15,17). The first-order valence-corrected chi connectivity index (χ1v) is 6.17. The molecule has 0 fully saturated rings. The zero-order valence-electron chi connectivity index (χ0n) is 11.2. The molecule has 1 atom stereocenters. The van der Waals surface area contributed by atoms with Gasteiger partial charge in [0, 0.05) is 25.4 Å². The molecule has 1 amide bonds. The molecule has 2 N–H and O–H groups in total. The molecule has 0 saturated carbocycles. The molecular formula is C13H21N3O2. The first-order chi connectivity index (χ1) is 8.67. The second-order valence-corrected chi connectivity index (χ2v) is 4.10. The summed E-state index contributed by atoms with van der Waals surface area (Å²) in [5.74, 6) is 0.607. The molecule has 1 aromatic rings. The van der Waals surface area contributed by atoms with Gasteiger partial charge in [0.2, 0.25) is 11.8 Å². The third-order valence-corrected chi connectivity index (χ3v) is 2.56. The van der Waals surface area contributed by atoms with E-state index in [1.807, 2.05) is 26.0 Å². The van der Waals surface area contributed by atoms with Crippen LogP contribution in [0, 0.1) is 0 Å². The van der Waals surface area contributed by atoms with Crippen LogP contribution in [0.2, 0.25) is 0 Å². The topological polar surface area (TPSA) is 63.2 Å². The number of rotatable bonds is 7. The van der Waals surface area contributed by atoms with Crippen molar-refractivity contribution in [2.24, 2.45) is 0 Å². The van der Waals surface area contributed by atoms with Gasteiger partial charge in [-0.25, -0.2) is 4.98 Å². The fraction of sp³-hybridized carbons (Fsp3) is 0.538. The van der Waals surface area contributed by atoms with E-state index < -0.39 is 0 Å². The molecule has 5 heteroatoms. The third-order valence-electron chi connectivity index (χ3n) is 2.56. The van der Waals surface area contributed by atoms with Gasteiger partial charge in [0.15, 0.2) is 0 Å².